The second kappa shape index (κ2) is 4.61. The van der Waals surface area contributed by atoms with Crippen LogP contribution in [0.2, 0.25) is 0 Å². The van der Waals surface area contributed by atoms with Crippen LogP contribution in [-0.4, -0.2) is 31.5 Å². The van der Waals surface area contributed by atoms with E-state index in [1.165, 1.54) is 6.26 Å². The van der Waals surface area contributed by atoms with E-state index in [1.807, 2.05) is 25.4 Å². The Hall–Kier alpha value is -0.810. The van der Waals surface area contributed by atoms with Crippen LogP contribution in [0, 0.1) is 0 Å². The van der Waals surface area contributed by atoms with Crippen LogP contribution in [0.1, 0.15) is 12.5 Å². The van der Waals surface area contributed by atoms with Crippen LogP contribution in [-0.2, 0) is 16.4 Å². The van der Waals surface area contributed by atoms with Crippen molar-refractivity contribution in [3.8, 4) is 0 Å². The molecule has 0 radical (unpaired) electrons. The van der Waals surface area contributed by atoms with Crippen LogP contribution >= 0.6 is 0 Å². The molecule has 80 valence electrons. The molecule has 0 spiro atoms. The first kappa shape index (κ1) is 11.3. The fourth-order valence-electron chi connectivity index (χ4n) is 1.27. The maximum atomic E-state index is 11.0. The molecule has 0 saturated heterocycles. The molecule has 4 nitrogen and oxygen atoms in total. The molecule has 0 aromatic carbocycles. The Balaban J connectivity index is 2.32. The number of sulfone groups is 1. The predicted molar refractivity (Wildman–Crippen MR) is 56.8 cm³/mol. The summed E-state index contributed by atoms with van der Waals surface area (Å²) < 4.78 is 21.9. The minimum Gasteiger partial charge on any atom is -0.367 e. The third-order valence-electron chi connectivity index (χ3n) is 1.87. The fourth-order valence-corrected chi connectivity index (χ4v) is 2.30. The lowest BCUT2D eigenvalue weighted by molar-refractivity contribution is 0.560. The van der Waals surface area contributed by atoms with Crippen molar-refractivity contribution in [3.05, 3.63) is 24.0 Å². The Kier molecular flexibility index (Phi) is 3.71. The zero-order valence-corrected chi connectivity index (χ0v) is 9.26. The van der Waals surface area contributed by atoms with Crippen LogP contribution in [0.15, 0.2) is 18.5 Å². The topological polar surface area (TPSA) is 62.0 Å². The first-order chi connectivity index (χ1) is 6.47. The summed E-state index contributed by atoms with van der Waals surface area (Å²) in [6.07, 6.45) is 4.99. The van der Waals surface area contributed by atoms with E-state index in [9.17, 15) is 8.42 Å². The molecule has 1 unspecified atom stereocenters. The number of hydrogen-bond donors (Lipinski definition) is 2. The van der Waals surface area contributed by atoms with E-state index in [0.717, 1.165) is 5.56 Å². The summed E-state index contributed by atoms with van der Waals surface area (Å²) in [5, 5.41) is 3.14. The van der Waals surface area contributed by atoms with Crippen LogP contribution in [0.5, 0.6) is 0 Å². The highest BCUT2D eigenvalue weighted by Gasteiger charge is 2.09. The van der Waals surface area contributed by atoms with Crippen molar-refractivity contribution in [1.29, 1.82) is 0 Å². The Bertz CT molecular complexity index is 356. The van der Waals surface area contributed by atoms with Gasteiger partial charge in [-0.1, -0.05) is 0 Å². The van der Waals surface area contributed by atoms with Gasteiger partial charge in [0, 0.05) is 31.2 Å². The number of nitrogens with one attached hydrogen (secondary N) is 2. The minimum atomic E-state index is -2.88. The average molecular weight is 216 g/mol. The molecule has 1 heterocycles. The molecule has 1 aromatic heterocycles. The quantitative estimate of drug-likeness (QED) is 0.755. The normalized spacial score (nSPS) is 14.1. The van der Waals surface area contributed by atoms with Gasteiger partial charge in [-0.25, -0.2) is 8.42 Å². The first-order valence-corrected chi connectivity index (χ1v) is 6.56. The average Bonchev–Trinajstić information content (AvgIpc) is 2.49. The molecule has 1 aromatic rings. The Morgan fingerprint density at radius 2 is 2.29 bits per heavy atom. The van der Waals surface area contributed by atoms with Gasteiger partial charge >= 0.3 is 0 Å². The summed E-state index contributed by atoms with van der Waals surface area (Å²) in [4.78, 5) is 2.94. The van der Waals surface area contributed by atoms with Gasteiger partial charge in [-0.3, -0.25) is 0 Å². The monoisotopic (exact) mass is 216 g/mol. The van der Waals surface area contributed by atoms with Crippen LogP contribution in [0.25, 0.3) is 0 Å². The lowest BCUT2D eigenvalue weighted by Crippen LogP contribution is -2.32. The third-order valence-corrected chi connectivity index (χ3v) is 2.98. The molecule has 5 heteroatoms. The van der Waals surface area contributed by atoms with Crippen molar-refractivity contribution in [1.82, 2.24) is 10.3 Å². The van der Waals surface area contributed by atoms with E-state index in [1.54, 1.807) is 0 Å². The Morgan fingerprint density at radius 3 is 2.79 bits per heavy atom. The summed E-state index contributed by atoms with van der Waals surface area (Å²) in [5.41, 5.74) is 1.13. The molecular weight excluding hydrogens is 200 g/mol. The highest BCUT2D eigenvalue weighted by Crippen LogP contribution is 1.97. The lowest BCUT2D eigenvalue weighted by atomic mass is 10.3. The van der Waals surface area contributed by atoms with Gasteiger partial charge < -0.3 is 10.3 Å². The van der Waals surface area contributed by atoms with E-state index >= 15 is 0 Å². The van der Waals surface area contributed by atoms with Crippen LogP contribution < -0.4 is 5.32 Å². The standard InChI is InChI=1S/C9H16N2O2S/c1-8(7-14(2,12)13)11-6-9-3-4-10-5-9/h3-5,8,10-11H,6-7H2,1-2H3. The van der Waals surface area contributed by atoms with Crippen molar-refractivity contribution in [2.45, 2.75) is 19.5 Å². The Labute approximate surface area is 84.6 Å². The molecule has 0 amide bonds. The van der Waals surface area contributed by atoms with E-state index in [-0.39, 0.29) is 11.8 Å². The highest BCUT2D eigenvalue weighted by atomic mass is 32.2. The van der Waals surface area contributed by atoms with Gasteiger partial charge in [0.25, 0.3) is 0 Å². The molecule has 0 fully saturated rings. The molecule has 2 N–H and O–H groups in total. The molecule has 0 aliphatic rings. The molecule has 0 saturated carbocycles. The smallest absolute Gasteiger partial charge is 0.148 e. The van der Waals surface area contributed by atoms with Crippen LogP contribution in [0.4, 0.5) is 0 Å². The molecule has 0 bridgehead atoms. The van der Waals surface area contributed by atoms with Crippen molar-refractivity contribution < 1.29 is 8.42 Å². The molecule has 14 heavy (non-hydrogen) atoms. The van der Waals surface area contributed by atoms with E-state index < -0.39 is 9.84 Å². The molecular formula is C9H16N2O2S. The van der Waals surface area contributed by atoms with Gasteiger partial charge in [-0.05, 0) is 18.6 Å². The summed E-state index contributed by atoms with van der Waals surface area (Å²) in [6.45, 7) is 2.56. The van der Waals surface area contributed by atoms with Crippen molar-refractivity contribution >= 4 is 9.84 Å². The SMILES string of the molecule is CC(CS(C)(=O)=O)NCc1cc[nH]c1. The van der Waals surface area contributed by atoms with Gasteiger partial charge in [0.1, 0.15) is 9.84 Å². The summed E-state index contributed by atoms with van der Waals surface area (Å²) in [7, 11) is -2.88. The third kappa shape index (κ3) is 4.43. The summed E-state index contributed by atoms with van der Waals surface area (Å²) >= 11 is 0. The zero-order valence-electron chi connectivity index (χ0n) is 8.45. The zero-order chi connectivity index (χ0) is 10.6. The van der Waals surface area contributed by atoms with E-state index in [2.05, 4.69) is 10.3 Å². The van der Waals surface area contributed by atoms with Gasteiger partial charge in [-0.2, -0.15) is 0 Å². The largest absolute Gasteiger partial charge is 0.367 e. The minimum absolute atomic E-state index is 0.0140. The maximum absolute atomic E-state index is 11.0. The predicted octanol–water partition coefficient (Wildman–Crippen LogP) is 0.537. The van der Waals surface area contributed by atoms with E-state index in [0.29, 0.717) is 6.54 Å². The van der Waals surface area contributed by atoms with Gasteiger partial charge in [0.15, 0.2) is 0 Å². The van der Waals surface area contributed by atoms with E-state index in [4.69, 9.17) is 0 Å². The summed E-state index contributed by atoms with van der Waals surface area (Å²) in [5.74, 6) is 0.178. The molecule has 0 aliphatic heterocycles. The number of rotatable bonds is 5. The molecule has 1 atom stereocenters. The number of H-pyrrole nitrogens is 1. The van der Waals surface area contributed by atoms with Crippen molar-refractivity contribution in [2.75, 3.05) is 12.0 Å². The fraction of sp³-hybridized carbons (Fsp3) is 0.556. The van der Waals surface area contributed by atoms with Gasteiger partial charge in [0.05, 0.1) is 5.75 Å². The maximum Gasteiger partial charge on any atom is 0.148 e. The highest BCUT2D eigenvalue weighted by molar-refractivity contribution is 7.90. The number of aromatic nitrogens is 1. The van der Waals surface area contributed by atoms with Gasteiger partial charge in [-0.15, -0.1) is 0 Å². The molecule has 1 rings (SSSR count). The molecule has 0 aliphatic carbocycles. The van der Waals surface area contributed by atoms with Crippen molar-refractivity contribution in [2.24, 2.45) is 0 Å². The summed E-state index contributed by atoms with van der Waals surface area (Å²) in [6, 6.07) is 1.94. The first-order valence-electron chi connectivity index (χ1n) is 4.50. The van der Waals surface area contributed by atoms with Crippen LogP contribution in [0.3, 0.4) is 0 Å². The second-order valence-corrected chi connectivity index (χ2v) is 5.78. The van der Waals surface area contributed by atoms with Gasteiger partial charge in [0.2, 0.25) is 0 Å². The Morgan fingerprint density at radius 1 is 1.57 bits per heavy atom. The number of aromatic amines is 1. The second-order valence-electron chi connectivity index (χ2n) is 3.59. The van der Waals surface area contributed by atoms with Crippen molar-refractivity contribution in [3.63, 3.8) is 0 Å². The lowest BCUT2D eigenvalue weighted by Gasteiger charge is -2.11. The number of hydrogen-bond acceptors (Lipinski definition) is 3.